The molecular weight excluding hydrogens is 609 g/mol. The second-order valence-corrected chi connectivity index (χ2v) is 12.7. The van der Waals surface area contributed by atoms with Gasteiger partial charge in [0.15, 0.2) is 0 Å². The molecule has 4 nitrogen and oxygen atoms in total. The number of nitrogens with zero attached hydrogens (tertiary/aromatic N) is 4. The summed E-state index contributed by atoms with van der Waals surface area (Å²) in [6.07, 6.45) is 1.88. The average molecular weight is 639 g/mol. The lowest BCUT2D eigenvalue weighted by molar-refractivity contribution is 1.08. The van der Waals surface area contributed by atoms with E-state index in [1.165, 1.54) is 27.4 Å². The molecule has 0 radical (unpaired) electrons. The first kappa shape index (κ1) is 28.3. The second-order valence-electron chi connectivity index (χ2n) is 12.7. The highest BCUT2D eigenvalue weighted by atomic mass is 15.1. The fourth-order valence-electron chi connectivity index (χ4n) is 7.53. The lowest BCUT2D eigenvalue weighted by Gasteiger charge is -2.14. The summed E-state index contributed by atoms with van der Waals surface area (Å²) in [7, 11) is 0. The van der Waals surface area contributed by atoms with Crippen LogP contribution < -0.4 is 0 Å². The van der Waals surface area contributed by atoms with Crippen molar-refractivity contribution in [1.29, 1.82) is 0 Å². The number of para-hydroxylation sites is 3. The van der Waals surface area contributed by atoms with Crippen molar-refractivity contribution in [3.05, 3.63) is 182 Å². The van der Waals surface area contributed by atoms with Crippen LogP contribution in [0.1, 0.15) is 0 Å². The third kappa shape index (κ3) is 4.46. The van der Waals surface area contributed by atoms with Gasteiger partial charge in [0.25, 0.3) is 0 Å². The molecule has 6 aromatic carbocycles. The molecule has 10 rings (SSSR count). The van der Waals surface area contributed by atoms with Crippen LogP contribution in [-0.2, 0) is 0 Å². The Labute approximate surface area is 289 Å². The van der Waals surface area contributed by atoms with Gasteiger partial charge in [0, 0.05) is 39.2 Å². The van der Waals surface area contributed by atoms with Gasteiger partial charge in [-0.3, -0.25) is 9.55 Å². The van der Waals surface area contributed by atoms with Crippen LogP contribution in [0.5, 0.6) is 0 Å². The maximum absolute atomic E-state index is 5.34. The zero-order valence-corrected chi connectivity index (χ0v) is 27.1. The molecule has 0 saturated heterocycles. The molecule has 0 spiro atoms. The molecule has 0 aliphatic carbocycles. The van der Waals surface area contributed by atoms with Gasteiger partial charge >= 0.3 is 0 Å². The molecule has 0 fully saturated rings. The van der Waals surface area contributed by atoms with Crippen molar-refractivity contribution in [3.8, 4) is 45.0 Å². The molecule has 4 aromatic heterocycles. The van der Waals surface area contributed by atoms with Crippen LogP contribution in [0.25, 0.3) is 88.8 Å². The van der Waals surface area contributed by atoms with E-state index < -0.39 is 0 Å². The molecule has 0 aliphatic heterocycles. The summed E-state index contributed by atoms with van der Waals surface area (Å²) in [5.41, 5.74) is 13.1. The van der Waals surface area contributed by atoms with E-state index in [1.54, 1.807) is 0 Å². The highest BCUT2D eigenvalue weighted by Crippen LogP contribution is 2.40. The number of hydrogen-bond donors (Lipinski definition) is 0. The van der Waals surface area contributed by atoms with Gasteiger partial charge in [0.05, 0.1) is 33.3 Å². The van der Waals surface area contributed by atoms with Crippen molar-refractivity contribution in [1.82, 2.24) is 19.1 Å². The normalized spacial score (nSPS) is 11.6. The summed E-state index contributed by atoms with van der Waals surface area (Å²) in [6, 6.07) is 62.3. The van der Waals surface area contributed by atoms with Crippen LogP contribution in [0, 0.1) is 0 Å². The lowest BCUT2D eigenvalue weighted by atomic mass is 10.0. The van der Waals surface area contributed by atoms with Crippen molar-refractivity contribution in [3.63, 3.8) is 0 Å². The molecular formula is C46H30N4. The Hall–Kier alpha value is -6.78. The van der Waals surface area contributed by atoms with Crippen molar-refractivity contribution in [2.45, 2.75) is 0 Å². The second kappa shape index (κ2) is 11.4. The van der Waals surface area contributed by atoms with Crippen LogP contribution in [0.4, 0.5) is 0 Å². The Bertz CT molecular complexity index is 2790. The number of rotatable bonds is 5. The fraction of sp³-hybridized carbons (Fsp3) is 0. The minimum absolute atomic E-state index is 0.854. The summed E-state index contributed by atoms with van der Waals surface area (Å²) in [5.74, 6) is 0.854. The Morgan fingerprint density at radius 1 is 0.400 bits per heavy atom. The van der Waals surface area contributed by atoms with Gasteiger partial charge in [-0.2, -0.15) is 0 Å². The average Bonchev–Trinajstić information content (AvgIpc) is 3.71. The van der Waals surface area contributed by atoms with E-state index in [2.05, 4.69) is 173 Å². The van der Waals surface area contributed by atoms with E-state index in [0.717, 1.165) is 61.4 Å². The highest BCUT2D eigenvalue weighted by Gasteiger charge is 2.20. The quantitative estimate of drug-likeness (QED) is 0.188. The van der Waals surface area contributed by atoms with Crippen LogP contribution in [0.3, 0.4) is 0 Å². The molecule has 50 heavy (non-hydrogen) atoms. The van der Waals surface area contributed by atoms with Gasteiger partial charge in [-0.1, -0.05) is 121 Å². The zero-order valence-electron chi connectivity index (χ0n) is 27.1. The summed E-state index contributed by atoms with van der Waals surface area (Å²) >= 11 is 0. The fourth-order valence-corrected chi connectivity index (χ4v) is 7.53. The van der Waals surface area contributed by atoms with E-state index >= 15 is 0 Å². The first-order chi connectivity index (χ1) is 24.8. The SMILES string of the molecule is c1ccc(-c2cc(-c3ccccc3)nc(-n3c4cc(-c5cccc6c7ccccc7n(-c7ccccc7)c56)ccc4c4ncccc43)c2)cc1. The smallest absolute Gasteiger partial charge is 0.138 e. The minimum atomic E-state index is 0.854. The lowest BCUT2D eigenvalue weighted by Crippen LogP contribution is -2.00. The molecule has 0 atom stereocenters. The van der Waals surface area contributed by atoms with Gasteiger partial charge in [-0.25, -0.2) is 4.98 Å². The monoisotopic (exact) mass is 638 g/mol. The number of fused-ring (bicyclic) bond motifs is 6. The summed E-state index contributed by atoms with van der Waals surface area (Å²) in [6.45, 7) is 0. The molecule has 4 heteroatoms. The zero-order chi connectivity index (χ0) is 33.0. The van der Waals surface area contributed by atoms with Crippen molar-refractivity contribution < 1.29 is 0 Å². The Kier molecular flexibility index (Phi) is 6.46. The molecule has 0 amide bonds. The Balaban J connectivity index is 1.27. The van der Waals surface area contributed by atoms with Crippen molar-refractivity contribution in [2.24, 2.45) is 0 Å². The topological polar surface area (TPSA) is 35.6 Å². The summed E-state index contributed by atoms with van der Waals surface area (Å²) in [4.78, 5) is 10.2. The third-order valence-corrected chi connectivity index (χ3v) is 9.76. The van der Waals surface area contributed by atoms with Gasteiger partial charge in [0.1, 0.15) is 5.82 Å². The predicted molar refractivity (Wildman–Crippen MR) is 207 cm³/mol. The molecule has 234 valence electrons. The maximum atomic E-state index is 5.34. The first-order valence-corrected chi connectivity index (χ1v) is 16.9. The minimum Gasteiger partial charge on any atom is -0.309 e. The predicted octanol–water partition coefficient (Wildman–Crippen LogP) is 11.7. The van der Waals surface area contributed by atoms with Gasteiger partial charge < -0.3 is 4.57 Å². The van der Waals surface area contributed by atoms with E-state index in [4.69, 9.17) is 9.97 Å². The summed E-state index contributed by atoms with van der Waals surface area (Å²) in [5, 5.41) is 3.56. The Morgan fingerprint density at radius 3 is 1.92 bits per heavy atom. The van der Waals surface area contributed by atoms with E-state index in [9.17, 15) is 0 Å². The molecule has 4 heterocycles. The van der Waals surface area contributed by atoms with E-state index in [-0.39, 0.29) is 0 Å². The standard InChI is InChI=1S/C46H30N4/c1-4-14-31(15-5-1)34-28-40(32-16-6-2-7-17-32)48-44(30-34)50-42-24-13-27-47-45(42)39-26-25-33(29-43(39)50)36-21-12-22-38-37-20-10-11-23-41(37)49(46(36)38)35-18-8-3-9-19-35/h1-30H. The molecule has 0 aliphatic rings. The van der Waals surface area contributed by atoms with Crippen LogP contribution in [-0.4, -0.2) is 19.1 Å². The van der Waals surface area contributed by atoms with Gasteiger partial charge in [-0.15, -0.1) is 0 Å². The first-order valence-electron chi connectivity index (χ1n) is 16.9. The number of pyridine rings is 2. The number of hydrogen-bond acceptors (Lipinski definition) is 2. The van der Waals surface area contributed by atoms with E-state index in [1.807, 2.05) is 18.3 Å². The third-order valence-electron chi connectivity index (χ3n) is 9.76. The van der Waals surface area contributed by atoms with Crippen LogP contribution >= 0.6 is 0 Å². The summed E-state index contributed by atoms with van der Waals surface area (Å²) < 4.78 is 4.69. The van der Waals surface area contributed by atoms with Crippen LogP contribution in [0.15, 0.2) is 182 Å². The number of benzene rings is 6. The van der Waals surface area contributed by atoms with Crippen LogP contribution in [0.2, 0.25) is 0 Å². The van der Waals surface area contributed by atoms with Gasteiger partial charge in [0.2, 0.25) is 0 Å². The molecule has 0 saturated carbocycles. The molecule has 0 bridgehead atoms. The van der Waals surface area contributed by atoms with Crippen molar-refractivity contribution in [2.75, 3.05) is 0 Å². The Morgan fingerprint density at radius 2 is 1.10 bits per heavy atom. The molecule has 0 unspecified atom stereocenters. The number of aromatic nitrogens is 4. The van der Waals surface area contributed by atoms with Crippen molar-refractivity contribution >= 4 is 43.7 Å². The maximum Gasteiger partial charge on any atom is 0.138 e. The molecule has 0 N–H and O–H groups in total. The molecule has 10 aromatic rings. The highest BCUT2D eigenvalue weighted by molar-refractivity contribution is 6.15. The van der Waals surface area contributed by atoms with Gasteiger partial charge in [-0.05, 0) is 71.3 Å². The van der Waals surface area contributed by atoms with E-state index in [0.29, 0.717) is 0 Å². The largest absolute Gasteiger partial charge is 0.309 e.